The minimum absolute atomic E-state index is 0.525. The van der Waals surface area contributed by atoms with E-state index in [0.29, 0.717) is 11.8 Å². The van der Waals surface area contributed by atoms with Gasteiger partial charge in [-0.3, -0.25) is 4.21 Å². The highest BCUT2D eigenvalue weighted by atomic mass is 32.2. The summed E-state index contributed by atoms with van der Waals surface area (Å²) in [5.41, 5.74) is 0. The molecular weight excluding hydrogens is 318 g/mol. The predicted octanol–water partition coefficient (Wildman–Crippen LogP) is 6.08. The molecule has 3 atom stereocenters. The van der Waals surface area contributed by atoms with Crippen LogP contribution in [0, 0.1) is 11.8 Å². The molecule has 0 spiro atoms. The van der Waals surface area contributed by atoms with Gasteiger partial charge >= 0.3 is 0 Å². The topological polar surface area (TPSA) is 43.4 Å². The monoisotopic (exact) mass is 360 g/mol. The SMILES string of the molecule is CCCCCC(CCC)CN(CC(CCC)CCCCC)S(=O)[O-]. The quantitative estimate of drug-likeness (QED) is 0.233. The molecule has 4 heteroatoms. The Labute approximate surface area is 154 Å². The van der Waals surface area contributed by atoms with E-state index < -0.39 is 11.3 Å². The normalized spacial score (nSPS) is 15.6. The Balaban J connectivity index is 4.61. The molecule has 3 unspecified atom stereocenters. The zero-order valence-electron chi connectivity index (χ0n) is 16.7. The van der Waals surface area contributed by atoms with Crippen LogP contribution in [0.4, 0.5) is 0 Å². The highest BCUT2D eigenvalue weighted by Crippen LogP contribution is 2.22. The lowest BCUT2D eigenvalue weighted by Gasteiger charge is -2.32. The highest BCUT2D eigenvalue weighted by molar-refractivity contribution is 7.76. The standard InChI is InChI=1S/C20H43NO2S/c1-5-9-11-15-19(13-7-3)17-21(24(22)23)18-20(14-8-4)16-12-10-6-2/h19-20H,5-18H2,1-4H3,(H,22,23)/p-1. The molecule has 0 aromatic heterocycles. The third-order valence-electron chi connectivity index (χ3n) is 4.96. The molecule has 3 nitrogen and oxygen atoms in total. The summed E-state index contributed by atoms with van der Waals surface area (Å²) in [4.78, 5) is 0. The third-order valence-corrected chi connectivity index (χ3v) is 5.68. The average Bonchev–Trinajstić information content (AvgIpc) is 2.54. The summed E-state index contributed by atoms with van der Waals surface area (Å²) in [6.07, 6.45) is 14.4. The second-order valence-corrected chi connectivity index (χ2v) is 8.32. The third kappa shape index (κ3) is 12.4. The van der Waals surface area contributed by atoms with Gasteiger partial charge in [0.2, 0.25) is 0 Å². The second kappa shape index (κ2) is 16.5. The molecule has 0 N–H and O–H groups in total. The zero-order chi connectivity index (χ0) is 18.2. The molecule has 0 heterocycles. The maximum absolute atomic E-state index is 11.8. The van der Waals surface area contributed by atoms with Gasteiger partial charge in [0, 0.05) is 24.4 Å². The first-order valence-electron chi connectivity index (χ1n) is 10.4. The van der Waals surface area contributed by atoms with Crippen molar-refractivity contribution in [3.8, 4) is 0 Å². The lowest BCUT2D eigenvalue weighted by Crippen LogP contribution is -2.35. The Morgan fingerprint density at radius 2 is 1.12 bits per heavy atom. The van der Waals surface area contributed by atoms with Crippen molar-refractivity contribution in [1.29, 1.82) is 0 Å². The number of unbranched alkanes of at least 4 members (excludes halogenated alkanes) is 4. The van der Waals surface area contributed by atoms with Gasteiger partial charge in [-0.05, 0) is 37.5 Å². The molecule has 146 valence electrons. The van der Waals surface area contributed by atoms with Gasteiger partial charge in [-0.2, -0.15) is 0 Å². The summed E-state index contributed by atoms with van der Waals surface area (Å²) < 4.78 is 25.3. The molecule has 0 rings (SSSR count). The van der Waals surface area contributed by atoms with E-state index in [0.717, 1.165) is 38.8 Å². The van der Waals surface area contributed by atoms with Gasteiger partial charge in [0.05, 0.1) is 0 Å². The van der Waals surface area contributed by atoms with Gasteiger partial charge < -0.3 is 4.55 Å². The Bertz CT molecular complexity index is 277. The first-order chi connectivity index (χ1) is 11.6. The molecule has 0 aromatic carbocycles. The predicted molar refractivity (Wildman–Crippen MR) is 106 cm³/mol. The fourth-order valence-electron chi connectivity index (χ4n) is 3.61. The molecule has 0 aliphatic carbocycles. The van der Waals surface area contributed by atoms with Crippen LogP contribution in [0.2, 0.25) is 0 Å². The number of hydrogen-bond donors (Lipinski definition) is 0. The van der Waals surface area contributed by atoms with E-state index in [4.69, 9.17) is 0 Å². The fraction of sp³-hybridized carbons (Fsp3) is 1.00. The molecule has 0 aliphatic heterocycles. The van der Waals surface area contributed by atoms with E-state index in [1.807, 2.05) is 0 Å². The summed E-state index contributed by atoms with van der Waals surface area (Å²) in [6.45, 7) is 10.3. The van der Waals surface area contributed by atoms with Gasteiger partial charge in [0.25, 0.3) is 0 Å². The van der Waals surface area contributed by atoms with Crippen molar-refractivity contribution in [2.45, 2.75) is 105 Å². The van der Waals surface area contributed by atoms with E-state index in [2.05, 4.69) is 27.7 Å². The highest BCUT2D eigenvalue weighted by Gasteiger charge is 2.18. The van der Waals surface area contributed by atoms with Crippen molar-refractivity contribution in [2.75, 3.05) is 13.1 Å². The van der Waals surface area contributed by atoms with Crippen LogP contribution < -0.4 is 0 Å². The average molecular weight is 361 g/mol. The smallest absolute Gasteiger partial charge is 0.0209 e. The number of nitrogens with zero attached hydrogens (tertiary/aromatic N) is 1. The van der Waals surface area contributed by atoms with Crippen LogP contribution in [0.15, 0.2) is 0 Å². The zero-order valence-corrected chi connectivity index (χ0v) is 17.5. The van der Waals surface area contributed by atoms with Crippen molar-refractivity contribution in [2.24, 2.45) is 11.8 Å². The number of rotatable bonds is 17. The molecule has 0 bridgehead atoms. The first kappa shape index (κ1) is 24.1. The largest absolute Gasteiger partial charge is 0.760 e. The van der Waals surface area contributed by atoms with Crippen LogP contribution in [0.3, 0.4) is 0 Å². The van der Waals surface area contributed by atoms with Crippen LogP contribution in [0.25, 0.3) is 0 Å². The molecule has 0 saturated carbocycles. The lowest BCUT2D eigenvalue weighted by atomic mass is 9.94. The van der Waals surface area contributed by atoms with Crippen LogP contribution in [-0.4, -0.2) is 26.2 Å². The van der Waals surface area contributed by atoms with Gasteiger partial charge in [-0.15, -0.1) is 0 Å². The summed E-state index contributed by atoms with van der Waals surface area (Å²) in [5, 5.41) is 0. The van der Waals surface area contributed by atoms with Crippen LogP contribution >= 0.6 is 0 Å². The molecule has 0 aromatic rings. The minimum Gasteiger partial charge on any atom is -0.760 e. The van der Waals surface area contributed by atoms with Crippen molar-refractivity contribution >= 4 is 11.3 Å². The summed E-state index contributed by atoms with van der Waals surface area (Å²) >= 11 is -2.08. The fourth-order valence-corrected chi connectivity index (χ4v) is 4.27. The minimum atomic E-state index is -2.08. The summed E-state index contributed by atoms with van der Waals surface area (Å²) in [7, 11) is 0. The Morgan fingerprint density at radius 3 is 1.42 bits per heavy atom. The van der Waals surface area contributed by atoms with Crippen molar-refractivity contribution in [1.82, 2.24) is 4.31 Å². The van der Waals surface area contributed by atoms with Crippen LogP contribution in [-0.2, 0) is 11.3 Å². The van der Waals surface area contributed by atoms with Crippen molar-refractivity contribution in [3.63, 3.8) is 0 Å². The Kier molecular flexibility index (Phi) is 16.6. The van der Waals surface area contributed by atoms with Gasteiger partial charge in [-0.25, -0.2) is 4.31 Å². The van der Waals surface area contributed by atoms with Gasteiger partial charge in [0.1, 0.15) is 0 Å². The van der Waals surface area contributed by atoms with E-state index >= 15 is 0 Å². The molecule has 0 amide bonds. The molecule has 24 heavy (non-hydrogen) atoms. The molecule has 0 radical (unpaired) electrons. The van der Waals surface area contributed by atoms with E-state index in [1.165, 1.54) is 51.4 Å². The second-order valence-electron chi connectivity index (χ2n) is 7.37. The van der Waals surface area contributed by atoms with Crippen LogP contribution in [0.1, 0.15) is 105 Å². The van der Waals surface area contributed by atoms with Gasteiger partial charge in [0.15, 0.2) is 0 Å². The molecular formula is C20H42NO2S-. The van der Waals surface area contributed by atoms with Crippen molar-refractivity contribution < 1.29 is 8.76 Å². The van der Waals surface area contributed by atoms with E-state index in [1.54, 1.807) is 4.31 Å². The summed E-state index contributed by atoms with van der Waals surface area (Å²) in [5.74, 6) is 1.05. The maximum atomic E-state index is 11.8. The van der Waals surface area contributed by atoms with E-state index in [-0.39, 0.29) is 0 Å². The Morgan fingerprint density at radius 1 is 0.708 bits per heavy atom. The number of hydrogen-bond acceptors (Lipinski definition) is 2. The molecule has 0 aliphatic rings. The Hall–Kier alpha value is 0.0700. The van der Waals surface area contributed by atoms with E-state index in [9.17, 15) is 8.76 Å². The lowest BCUT2D eigenvalue weighted by molar-refractivity contribution is 0.255. The first-order valence-corrected chi connectivity index (χ1v) is 11.5. The van der Waals surface area contributed by atoms with Crippen molar-refractivity contribution in [3.05, 3.63) is 0 Å². The summed E-state index contributed by atoms with van der Waals surface area (Å²) in [6, 6.07) is 0. The molecule has 0 fully saturated rings. The van der Waals surface area contributed by atoms with Gasteiger partial charge in [-0.1, -0.05) is 79.1 Å². The maximum Gasteiger partial charge on any atom is 0.0209 e. The van der Waals surface area contributed by atoms with Crippen LogP contribution in [0.5, 0.6) is 0 Å². The molecule has 0 saturated heterocycles.